The minimum Gasteiger partial charge on any atom is -0.459 e. The molecule has 0 saturated carbocycles. The van der Waals surface area contributed by atoms with Gasteiger partial charge in [-0.1, -0.05) is 38.1 Å². The van der Waals surface area contributed by atoms with Gasteiger partial charge in [0.1, 0.15) is 11.5 Å². The molecule has 6 nitrogen and oxygen atoms in total. The number of benzene rings is 2. The number of allylic oxidation sites excluding steroid dienone is 1. The minimum absolute atomic E-state index is 0.0461. The van der Waals surface area contributed by atoms with Gasteiger partial charge >= 0.3 is 12.0 Å². The van der Waals surface area contributed by atoms with Gasteiger partial charge < -0.3 is 20.1 Å². The highest BCUT2D eigenvalue weighted by Gasteiger charge is 2.35. The topological polar surface area (TPSA) is 76.7 Å². The van der Waals surface area contributed by atoms with Crippen LogP contribution in [-0.2, 0) is 9.53 Å². The molecule has 1 atom stereocenters. The van der Waals surface area contributed by atoms with E-state index in [1.165, 1.54) is 0 Å². The molecule has 0 aromatic heterocycles. The zero-order valence-corrected chi connectivity index (χ0v) is 18.9. The van der Waals surface area contributed by atoms with Gasteiger partial charge in [-0.15, -0.1) is 0 Å². The van der Waals surface area contributed by atoms with Crippen LogP contribution in [0.15, 0.2) is 53.7 Å². The van der Waals surface area contributed by atoms with Crippen molar-refractivity contribution in [3.05, 3.63) is 70.4 Å². The lowest BCUT2D eigenvalue weighted by atomic mass is 9.91. The Bertz CT molecular complexity index is 1010. The van der Waals surface area contributed by atoms with Crippen LogP contribution >= 0.6 is 0 Å². The highest BCUT2D eigenvalue weighted by atomic mass is 16.5. The van der Waals surface area contributed by atoms with Crippen molar-refractivity contribution < 1.29 is 19.1 Å². The maximum atomic E-state index is 12.9. The second kappa shape index (κ2) is 9.25. The zero-order chi connectivity index (χ0) is 22.7. The van der Waals surface area contributed by atoms with E-state index in [2.05, 4.69) is 10.6 Å². The summed E-state index contributed by atoms with van der Waals surface area (Å²) in [5.41, 5.74) is 3.94. The predicted octanol–water partition coefficient (Wildman–Crippen LogP) is 5.31. The first-order valence-electron chi connectivity index (χ1n) is 10.5. The molecule has 0 fully saturated rings. The third-order valence-electron chi connectivity index (χ3n) is 5.03. The van der Waals surface area contributed by atoms with E-state index in [0.717, 1.165) is 22.4 Å². The summed E-state index contributed by atoms with van der Waals surface area (Å²) in [6.45, 7) is 11.5. The fraction of sp³-hybridized carbons (Fsp3) is 0.360. The lowest BCUT2D eigenvalue weighted by Gasteiger charge is -2.31. The molecule has 1 heterocycles. The number of rotatable bonds is 6. The molecule has 0 bridgehead atoms. The summed E-state index contributed by atoms with van der Waals surface area (Å²) in [4.78, 5) is 25.2. The normalized spacial score (nSPS) is 16.3. The molecule has 1 aliphatic rings. The smallest absolute Gasteiger partial charge is 0.338 e. The first-order chi connectivity index (χ1) is 14.7. The Morgan fingerprint density at radius 1 is 1.00 bits per heavy atom. The van der Waals surface area contributed by atoms with Crippen molar-refractivity contribution in [2.24, 2.45) is 5.92 Å². The molecule has 1 unspecified atom stereocenters. The number of hydrogen-bond donors (Lipinski definition) is 2. The zero-order valence-electron chi connectivity index (χ0n) is 18.9. The lowest BCUT2D eigenvalue weighted by molar-refractivity contribution is -0.143. The van der Waals surface area contributed by atoms with E-state index in [0.29, 0.717) is 17.0 Å². The van der Waals surface area contributed by atoms with E-state index in [4.69, 9.17) is 9.47 Å². The van der Waals surface area contributed by atoms with E-state index >= 15 is 0 Å². The number of urea groups is 1. The molecule has 1 aliphatic heterocycles. The molecule has 3 rings (SSSR count). The number of carbonyl (C=O) groups is 2. The van der Waals surface area contributed by atoms with Crippen molar-refractivity contribution >= 4 is 12.0 Å². The number of ether oxygens (including phenoxy) is 2. The van der Waals surface area contributed by atoms with Crippen molar-refractivity contribution in [1.82, 2.24) is 10.6 Å². The van der Waals surface area contributed by atoms with Crippen molar-refractivity contribution in [1.29, 1.82) is 0 Å². The van der Waals surface area contributed by atoms with Crippen LogP contribution in [0.4, 0.5) is 4.79 Å². The summed E-state index contributed by atoms with van der Waals surface area (Å²) in [7, 11) is 0. The van der Waals surface area contributed by atoms with Crippen molar-refractivity contribution in [2.75, 3.05) is 0 Å². The van der Waals surface area contributed by atoms with Gasteiger partial charge in [-0.3, -0.25) is 0 Å². The molecule has 0 saturated heterocycles. The molecule has 6 heteroatoms. The lowest BCUT2D eigenvalue weighted by Crippen LogP contribution is -2.47. The maximum Gasteiger partial charge on any atom is 0.338 e. The van der Waals surface area contributed by atoms with E-state index in [1.807, 2.05) is 70.2 Å². The maximum absolute atomic E-state index is 12.9. The Kier molecular flexibility index (Phi) is 6.68. The highest BCUT2D eigenvalue weighted by molar-refractivity contribution is 5.95. The number of aryl methyl sites for hydroxylation is 2. The van der Waals surface area contributed by atoms with Gasteiger partial charge in [0.2, 0.25) is 0 Å². The molecular formula is C25H30N2O4. The summed E-state index contributed by atoms with van der Waals surface area (Å²) < 4.78 is 11.5. The Hall–Kier alpha value is -3.28. The fourth-order valence-electron chi connectivity index (χ4n) is 3.47. The quantitative estimate of drug-likeness (QED) is 0.619. The van der Waals surface area contributed by atoms with Crippen LogP contribution < -0.4 is 15.4 Å². The average molecular weight is 423 g/mol. The van der Waals surface area contributed by atoms with E-state index in [1.54, 1.807) is 13.8 Å². The van der Waals surface area contributed by atoms with Gasteiger partial charge in [0.05, 0.1) is 17.7 Å². The molecule has 2 N–H and O–H groups in total. The third kappa shape index (κ3) is 5.26. The van der Waals surface area contributed by atoms with Gasteiger partial charge in [-0.05, 0) is 68.5 Å². The Morgan fingerprint density at radius 3 is 2.29 bits per heavy atom. The molecule has 2 aromatic carbocycles. The fourth-order valence-corrected chi connectivity index (χ4v) is 3.47. The minimum atomic E-state index is -0.604. The molecule has 0 spiro atoms. The van der Waals surface area contributed by atoms with Gasteiger partial charge in [-0.2, -0.15) is 0 Å². The van der Waals surface area contributed by atoms with Crippen LogP contribution in [0.25, 0.3) is 0 Å². The third-order valence-corrected chi connectivity index (χ3v) is 5.03. The number of carbonyl (C=O) groups excluding carboxylic acids is 2. The molecular weight excluding hydrogens is 392 g/mol. The first kappa shape index (κ1) is 22.4. The summed E-state index contributed by atoms with van der Waals surface area (Å²) in [5, 5.41) is 5.64. The van der Waals surface area contributed by atoms with Crippen LogP contribution in [0.1, 0.15) is 50.4 Å². The SMILES string of the molecule is Cc1ccc(C)c(Oc2ccc(C3NC(=O)NC(C(C)C)=C3C(=O)OC(C)C)cc2)c1. The van der Waals surface area contributed by atoms with Crippen LogP contribution in [0, 0.1) is 19.8 Å². The second-order valence-electron chi connectivity index (χ2n) is 8.41. The predicted molar refractivity (Wildman–Crippen MR) is 120 cm³/mol. The highest BCUT2D eigenvalue weighted by Crippen LogP contribution is 2.33. The van der Waals surface area contributed by atoms with Crippen LogP contribution in [0.5, 0.6) is 11.5 Å². The van der Waals surface area contributed by atoms with Crippen LogP contribution in [0.3, 0.4) is 0 Å². The van der Waals surface area contributed by atoms with E-state index in [-0.39, 0.29) is 18.1 Å². The molecule has 2 amide bonds. The van der Waals surface area contributed by atoms with Gasteiger partial charge in [-0.25, -0.2) is 9.59 Å². The molecule has 164 valence electrons. The number of esters is 1. The Labute approximate surface area is 183 Å². The summed E-state index contributed by atoms with van der Waals surface area (Å²) in [5.74, 6) is 0.991. The van der Waals surface area contributed by atoms with Gasteiger partial charge in [0, 0.05) is 5.70 Å². The van der Waals surface area contributed by atoms with Gasteiger partial charge in [0.15, 0.2) is 0 Å². The largest absolute Gasteiger partial charge is 0.459 e. The van der Waals surface area contributed by atoms with Gasteiger partial charge in [0.25, 0.3) is 0 Å². The van der Waals surface area contributed by atoms with Crippen molar-refractivity contribution in [3.8, 4) is 11.5 Å². The second-order valence-corrected chi connectivity index (χ2v) is 8.41. The molecule has 0 radical (unpaired) electrons. The summed E-state index contributed by atoms with van der Waals surface area (Å²) in [6, 6.07) is 12.5. The number of nitrogens with one attached hydrogen (secondary N) is 2. The summed E-state index contributed by atoms with van der Waals surface area (Å²) in [6.07, 6.45) is -0.264. The standard InChI is InChI=1S/C25H30N2O4/c1-14(2)22-21(24(28)30-15(3)4)23(27-25(29)26-22)18-9-11-19(12-10-18)31-20-13-16(5)7-8-17(20)6/h7-15,23H,1-6H3,(H2,26,27,29). The van der Waals surface area contributed by atoms with Crippen molar-refractivity contribution in [3.63, 3.8) is 0 Å². The monoisotopic (exact) mass is 422 g/mol. The Balaban J connectivity index is 1.93. The van der Waals surface area contributed by atoms with Crippen LogP contribution in [-0.4, -0.2) is 18.1 Å². The van der Waals surface area contributed by atoms with E-state index in [9.17, 15) is 9.59 Å². The first-order valence-corrected chi connectivity index (χ1v) is 10.5. The van der Waals surface area contributed by atoms with E-state index < -0.39 is 12.0 Å². The Morgan fingerprint density at radius 2 is 1.68 bits per heavy atom. The number of hydrogen-bond acceptors (Lipinski definition) is 4. The average Bonchev–Trinajstić information content (AvgIpc) is 2.70. The molecule has 2 aromatic rings. The molecule has 0 aliphatic carbocycles. The van der Waals surface area contributed by atoms with Crippen molar-refractivity contribution in [2.45, 2.75) is 53.7 Å². The number of amides is 2. The van der Waals surface area contributed by atoms with Crippen LogP contribution in [0.2, 0.25) is 0 Å². The molecule has 31 heavy (non-hydrogen) atoms. The summed E-state index contributed by atoms with van der Waals surface area (Å²) >= 11 is 0.